The zero-order valence-corrected chi connectivity index (χ0v) is 40.0. The lowest BCUT2D eigenvalue weighted by atomic mass is 10.0. The molecular formula is C55H105NO3. The maximum Gasteiger partial charge on any atom is 0.220 e. The Hall–Kier alpha value is -1.39. The summed E-state index contributed by atoms with van der Waals surface area (Å²) in [6, 6.07) is -0.634. The van der Waals surface area contributed by atoms with Gasteiger partial charge in [-0.05, 0) is 51.4 Å². The summed E-state index contributed by atoms with van der Waals surface area (Å²) in [7, 11) is 0. The molecule has 0 rings (SSSR count). The Bertz CT molecular complexity index is 897. The van der Waals surface area contributed by atoms with E-state index < -0.39 is 12.1 Å². The Balaban J connectivity index is 3.32. The van der Waals surface area contributed by atoms with Crippen molar-refractivity contribution in [3.63, 3.8) is 0 Å². The molecule has 0 saturated carbocycles. The van der Waals surface area contributed by atoms with Crippen molar-refractivity contribution in [2.75, 3.05) is 6.61 Å². The van der Waals surface area contributed by atoms with Crippen LogP contribution in [0.3, 0.4) is 0 Å². The summed E-state index contributed by atoms with van der Waals surface area (Å²) in [6.45, 7) is 4.24. The van der Waals surface area contributed by atoms with Crippen LogP contribution in [0.2, 0.25) is 0 Å². The molecular weight excluding hydrogens is 723 g/mol. The fraction of sp³-hybridized carbons (Fsp3) is 0.873. The van der Waals surface area contributed by atoms with E-state index >= 15 is 0 Å². The van der Waals surface area contributed by atoms with Gasteiger partial charge in [0.05, 0.1) is 18.8 Å². The smallest absolute Gasteiger partial charge is 0.220 e. The number of nitrogens with one attached hydrogen (secondary N) is 1. The second-order valence-electron chi connectivity index (χ2n) is 18.3. The van der Waals surface area contributed by atoms with Gasteiger partial charge in [-0.3, -0.25) is 4.79 Å². The molecule has 0 aromatic rings. The Morgan fingerprint density at radius 2 is 0.678 bits per heavy atom. The van der Waals surface area contributed by atoms with Crippen LogP contribution >= 0.6 is 0 Å². The van der Waals surface area contributed by atoms with Gasteiger partial charge in [-0.2, -0.15) is 0 Å². The fourth-order valence-electron chi connectivity index (χ4n) is 8.24. The van der Waals surface area contributed by atoms with Crippen molar-refractivity contribution in [3.05, 3.63) is 36.5 Å². The van der Waals surface area contributed by atoms with Crippen molar-refractivity contribution in [2.24, 2.45) is 0 Å². The summed E-state index contributed by atoms with van der Waals surface area (Å²) in [6.07, 6.45) is 69.1. The van der Waals surface area contributed by atoms with Crippen molar-refractivity contribution in [3.8, 4) is 0 Å². The number of amides is 1. The first kappa shape index (κ1) is 57.6. The SMILES string of the molecule is CCCC/C=C/CC/C=C/C(O)C(CO)NC(=O)CCCCCCCCCCCCCCCCCCCCCCCCCCCCC/C=C\CCCCCCCCCC. The number of allylic oxidation sites excluding steroid dienone is 5. The van der Waals surface area contributed by atoms with Gasteiger partial charge >= 0.3 is 0 Å². The topological polar surface area (TPSA) is 69.6 Å². The summed E-state index contributed by atoms with van der Waals surface area (Å²) in [5.41, 5.74) is 0. The quantitative estimate of drug-likeness (QED) is 0.0423. The standard InChI is InChI=1S/C55H105NO3/c1-3-5-7-9-11-13-14-15-16-17-18-19-20-21-22-23-24-25-26-27-28-29-30-31-32-33-34-35-36-37-38-39-40-41-42-43-45-47-49-51-55(59)56-53(52-57)54(58)50-48-46-44-12-10-8-6-4-2/h10,12,17-18,48,50,53-54,57-58H,3-9,11,13-16,19-47,49,51-52H2,1-2H3,(H,56,59)/b12-10+,18-17-,50-48+. The van der Waals surface area contributed by atoms with Gasteiger partial charge in [0.2, 0.25) is 5.91 Å². The molecule has 0 aromatic heterocycles. The van der Waals surface area contributed by atoms with Gasteiger partial charge in [0.1, 0.15) is 0 Å². The van der Waals surface area contributed by atoms with E-state index in [0.717, 1.165) is 32.1 Å². The van der Waals surface area contributed by atoms with Crippen molar-refractivity contribution in [1.29, 1.82) is 0 Å². The molecule has 0 bridgehead atoms. The molecule has 0 aromatic carbocycles. The van der Waals surface area contributed by atoms with Crippen LogP contribution in [0.15, 0.2) is 36.5 Å². The maximum atomic E-state index is 12.3. The van der Waals surface area contributed by atoms with E-state index in [9.17, 15) is 15.0 Å². The van der Waals surface area contributed by atoms with Crippen molar-refractivity contribution >= 4 is 5.91 Å². The predicted octanol–water partition coefficient (Wildman–Crippen LogP) is 17.3. The lowest BCUT2D eigenvalue weighted by molar-refractivity contribution is -0.123. The first-order valence-corrected chi connectivity index (χ1v) is 26.7. The number of rotatable bonds is 49. The average Bonchev–Trinajstić information content (AvgIpc) is 3.24. The maximum absolute atomic E-state index is 12.3. The van der Waals surface area contributed by atoms with E-state index in [1.807, 2.05) is 6.08 Å². The Labute approximate surface area is 370 Å². The number of hydrogen-bond donors (Lipinski definition) is 3. The summed E-state index contributed by atoms with van der Waals surface area (Å²) in [4.78, 5) is 12.3. The summed E-state index contributed by atoms with van der Waals surface area (Å²) >= 11 is 0. The number of carbonyl (C=O) groups excluding carboxylic acids is 1. The zero-order chi connectivity index (χ0) is 42.8. The van der Waals surface area contributed by atoms with E-state index in [0.29, 0.717) is 6.42 Å². The highest BCUT2D eigenvalue weighted by Crippen LogP contribution is 2.17. The van der Waals surface area contributed by atoms with Crippen molar-refractivity contribution < 1.29 is 15.0 Å². The van der Waals surface area contributed by atoms with E-state index in [1.54, 1.807) is 6.08 Å². The Morgan fingerprint density at radius 1 is 0.390 bits per heavy atom. The molecule has 0 radical (unpaired) electrons. The summed E-state index contributed by atoms with van der Waals surface area (Å²) < 4.78 is 0. The van der Waals surface area contributed by atoms with Crippen LogP contribution in [-0.4, -0.2) is 34.9 Å². The summed E-state index contributed by atoms with van der Waals surface area (Å²) in [5, 5.41) is 22.8. The van der Waals surface area contributed by atoms with Gasteiger partial charge < -0.3 is 15.5 Å². The van der Waals surface area contributed by atoms with Gasteiger partial charge in [0, 0.05) is 6.42 Å². The molecule has 0 aliphatic carbocycles. The molecule has 0 fully saturated rings. The van der Waals surface area contributed by atoms with Gasteiger partial charge in [0.25, 0.3) is 0 Å². The first-order valence-electron chi connectivity index (χ1n) is 26.7. The van der Waals surface area contributed by atoms with Crippen LogP contribution in [0.1, 0.15) is 290 Å². The van der Waals surface area contributed by atoms with Crippen LogP contribution in [-0.2, 0) is 4.79 Å². The minimum absolute atomic E-state index is 0.0733. The third-order valence-electron chi connectivity index (χ3n) is 12.3. The Morgan fingerprint density at radius 3 is 1.03 bits per heavy atom. The van der Waals surface area contributed by atoms with Crippen LogP contribution in [0.4, 0.5) is 0 Å². The van der Waals surface area contributed by atoms with E-state index in [-0.39, 0.29) is 12.5 Å². The van der Waals surface area contributed by atoms with E-state index in [2.05, 4.69) is 43.5 Å². The van der Waals surface area contributed by atoms with E-state index in [1.165, 1.54) is 238 Å². The third-order valence-corrected chi connectivity index (χ3v) is 12.3. The van der Waals surface area contributed by atoms with Crippen molar-refractivity contribution in [1.82, 2.24) is 5.32 Å². The zero-order valence-electron chi connectivity index (χ0n) is 40.0. The van der Waals surface area contributed by atoms with E-state index in [4.69, 9.17) is 0 Å². The lowest BCUT2D eigenvalue weighted by Crippen LogP contribution is -2.45. The highest BCUT2D eigenvalue weighted by Gasteiger charge is 2.17. The van der Waals surface area contributed by atoms with Gasteiger partial charge in [-0.1, -0.05) is 269 Å². The molecule has 2 unspecified atom stereocenters. The normalized spacial score (nSPS) is 13.1. The fourth-order valence-corrected chi connectivity index (χ4v) is 8.24. The second-order valence-corrected chi connectivity index (χ2v) is 18.3. The molecule has 59 heavy (non-hydrogen) atoms. The molecule has 4 nitrogen and oxygen atoms in total. The number of aliphatic hydroxyl groups is 2. The summed E-state index contributed by atoms with van der Waals surface area (Å²) in [5.74, 6) is -0.0733. The van der Waals surface area contributed by atoms with Crippen molar-refractivity contribution in [2.45, 2.75) is 302 Å². The molecule has 3 N–H and O–H groups in total. The van der Waals surface area contributed by atoms with Gasteiger partial charge in [-0.15, -0.1) is 0 Å². The number of carbonyl (C=O) groups is 1. The minimum Gasteiger partial charge on any atom is -0.394 e. The molecule has 0 heterocycles. The lowest BCUT2D eigenvalue weighted by Gasteiger charge is -2.19. The molecule has 1 amide bonds. The predicted molar refractivity (Wildman–Crippen MR) is 262 cm³/mol. The number of aliphatic hydroxyl groups excluding tert-OH is 2. The molecule has 0 saturated heterocycles. The number of unbranched alkanes of at least 4 members (excludes halogenated alkanes) is 38. The highest BCUT2D eigenvalue weighted by molar-refractivity contribution is 5.76. The Kier molecular flexibility index (Phi) is 49.8. The average molecular weight is 828 g/mol. The third kappa shape index (κ3) is 47.5. The molecule has 0 aliphatic rings. The second kappa shape index (κ2) is 51.0. The molecule has 0 aliphatic heterocycles. The highest BCUT2D eigenvalue weighted by atomic mass is 16.3. The molecule has 2 atom stereocenters. The van der Waals surface area contributed by atoms with Gasteiger partial charge in [-0.25, -0.2) is 0 Å². The molecule has 0 spiro atoms. The molecule has 4 heteroatoms. The van der Waals surface area contributed by atoms with Crippen LogP contribution in [0.5, 0.6) is 0 Å². The van der Waals surface area contributed by atoms with Gasteiger partial charge in [0.15, 0.2) is 0 Å². The van der Waals surface area contributed by atoms with Crippen LogP contribution in [0.25, 0.3) is 0 Å². The largest absolute Gasteiger partial charge is 0.394 e. The minimum atomic E-state index is -0.857. The first-order chi connectivity index (χ1) is 29.2. The molecule has 348 valence electrons. The van der Waals surface area contributed by atoms with Crippen LogP contribution < -0.4 is 5.32 Å². The monoisotopic (exact) mass is 828 g/mol. The number of hydrogen-bond acceptors (Lipinski definition) is 3. The van der Waals surface area contributed by atoms with Crippen LogP contribution in [0, 0.1) is 0 Å².